The molecule has 0 saturated heterocycles. The summed E-state index contributed by atoms with van der Waals surface area (Å²) >= 11 is 4.69. The molecule has 1 unspecified atom stereocenters. The zero-order valence-electron chi connectivity index (χ0n) is 8.72. The molecule has 16 heavy (non-hydrogen) atoms. The smallest absolute Gasteiger partial charge is 0.154 e. The number of nitrogens with zero attached hydrogens (tertiary/aromatic N) is 3. The van der Waals surface area contributed by atoms with Crippen molar-refractivity contribution in [2.45, 2.75) is 6.10 Å². The summed E-state index contributed by atoms with van der Waals surface area (Å²) in [6, 6.07) is 1.82. The molecule has 86 valence electrons. The van der Waals surface area contributed by atoms with Crippen molar-refractivity contribution < 1.29 is 9.84 Å². The normalized spacial score (nSPS) is 12.8. The molecule has 1 N–H and O–H groups in total. The molecule has 0 fully saturated rings. The van der Waals surface area contributed by atoms with Crippen LogP contribution < -0.4 is 4.74 Å². The lowest BCUT2D eigenvalue weighted by Crippen LogP contribution is -2.06. The standard InChI is InChI=1S/C9H10BrN3O2S/c1-13-6(9(10)11-12-13)7(14)8-5(15-2)3-4-16-8/h3-4,7,14H,1-2H3. The van der Waals surface area contributed by atoms with Gasteiger partial charge in [-0.1, -0.05) is 5.21 Å². The zero-order valence-corrected chi connectivity index (χ0v) is 11.1. The molecule has 5 nitrogen and oxygen atoms in total. The number of methoxy groups -OCH3 is 1. The number of halogens is 1. The molecule has 0 radical (unpaired) electrons. The number of thiophene rings is 1. The maximum atomic E-state index is 10.2. The van der Waals surface area contributed by atoms with Crippen molar-refractivity contribution in [2.24, 2.45) is 7.05 Å². The van der Waals surface area contributed by atoms with Gasteiger partial charge in [0.15, 0.2) is 4.60 Å². The first-order valence-corrected chi connectivity index (χ1v) is 6.17. The summed E-state index contributed by atoms with van der Waals surface area (Å²) in [6.07, 6.45) is -0.788. The summed E-state index contributed by atoms with van der Waals surface area (Å²) in [4.78, 5) is 0.744. The molecule has 0 aliphatic carbocycles. The van der Waals surface area contributed by atoms with Crippen LogP contribution in [0.2, 0.25) is 0 Å². The van der Waals surface area contributed by atoms with Crippen LogP contribution in [-0.4, -0.2) is 27.2 Å². The molecule has 0 bridgehead atoms. The van der Waals surface area contributed by atoms with Gasteiger partial charge in [-0.15, -0.1) is 16.4 Å². The fraction of sp³-hybridized carbons (Fsp3) is 0.333. The van der Waals surface area contributed by atoms with Gasteiger partial charge in [-0.25, -0.2) is 4.68 Å². The molecule has 1 atom stereocenters. The van der Waals surface area contributed by atoms with Crippen molar-refractivity contribution in [1.82, 2.24) is 15.0 Å². The van der Waals surface area contributed by atoms with Crippen molar-refractivity contribution in [1.29, 1.82) is 0 Å². The summed E-state index contributed by atoms with van der Waals surface area (Å²) in [5.41, 5.74) is 0.612. The molecule has 2 aromatic rings. The summed E-state index contributed by atoms with van der Waals surface area (Å²) in [5.74, 6) is 0.672. The molecule has 0 aliphatic rings. The first-order chi connectivity index (χ1) is 7.65. The Labute approximate surface area is 105 Å². The summed E-state index contributed by atoms with van der Waals surface area (Å²) in [7, 11) is 3.31. The van der Waals surface area contributed by atoms with Crippen LogP contribution in [0.3, 0.4) is 0 Å². The fourth-order valence-corrected chi connectivity index (χ4v) is 2.82. The highest BCUT2D eigenvalue weighted by atomic mass is 79.9. The topological polar surface area (TPSA) is 60.2 Å². The highest BCUT2D eigenvalue weighted by Gasteiger charge is 2.23. The van der Waals surface area contributed by atoms with Crippen LogP contribution in [0.25, 0.3) is 0 Å². The second-order valence-electron chi connectivity index (χ2n) is 3.14. The Morgan fingerprint density at radius 2 is 2.38 bits per heavy atom. The van der Waals surface area contributed by atoms with Crippen molar-refractivity contribution in [3.8, 4) is 5.75 Å². The molecule has 2 aromatic heterocycles. The van der Waals surface area contributed by atoms with Crippen molar-refractivity contribution in [3.63, 3.8) is 0 Å². The number of aliphatic hydroxyl groups excluding tert-OH is 1. The third-order valence-electron chi connectivity index (χ3n) is 2.21. The second-order valence-corrected chi connectivity index (χ2v) is 4.84. The van der Waals surface area contributed by atoms with E-state index in [4.69, 9.17) is 4.74 Å². The maximum Gasteiger partial charge on any atom is 0.154 e. The van der Waals surface area contributed by atoms with E-state index in [-0.39, 0.29) is 0 Å². The van der Waals surface area contributed by atoms with E-state index in [1.54, 1.807) is 14.2 Å². The number of ether oxygens (including phenoxy) is 1. The Kier molecular flexibility index (Phi) is 3.27. The van der Waals surface area contributed by atoms with Crippen LogP contribution in [0.4, 0.5) is 0 Å². The number of hydrogen-bond donors (Lipinski definition) is 1. The average molecular weight is 304 g/mol. The van der Waals surface area contributed by atoms with Crippen LogP contribution in [-0.2, 0) is 7.05 Å². The molecule has 0 aromatic carbocycles. The zero-order chi connectivity index (χ0) is 11.7. The lowest BCUT2D eigenvalue weighted by Gasteiger charge is -2.10. The summed E-state index contributed by atoms with van der Waals surface area (Å²) in [5, 5.41) is 19.8. The van der Waals surface area contributed by atoms with Crippen LogP contribution >= 0.6 is 27.3 Å². The van der Waals surface area contributed by atoms with Crippen LogP contribution in [0, 0.1) is 0 Å². The third kappa shape index (κ3) is 1.85. The van der Waals surface area contributed by atoms with E-state index < -0.39 is 6.10 Å². The van der Waals surface area contributed by atoms with E-state index in [9.17, 15) is 5.11 Å². The van der Waals surface area contributed by atoms with Gasteiger partial charge in [0.2, 0.25) is 0 Å². The van der Waals surface area contributed by atoms with Crippen LogP contribution in [0.1, 0.15) is 16.7 Å². The molecule has 7 heteroatoms. The Balaban J connectivity index is 2.43. The van der Waals surface area contributed by atoms with E-state index >= 15 is 0 Å². The Morgan fingerprint density at radius 3 is 2.94 bits per heavy atom. The lowest BCUT2D eigenvalue weighted by molar-refractivity contribution is 0.208. The number of aromatic nitrogens is 3. The van der Waals surface area contributed by atoms with E-state index in [2.05, 4.69) is 26.2 Å². The van der Waals surface area contributed by atoms with Gasteiger partial charge in [0.25, 0.3) is 0 Å². The maximum absolute atomic E-state index is 10.2. The van der Waals surface area contributed by atoms with Gasteiger partial charge in [0.1, 0.15) is 17.5 Å². The average Bonchev–Trinajstić information content (AvgIpc) is 2.85. The lowest BCUT2D eigenvalue weighted by atomic mass is 10.2. The minimum absolute atomic E-state index is 0.540. The molecule has 0 aliphatic heterocycles. The van der Waals surface area contributed by atoms with Gasteiger partial charge >= 0.3 is 0 Å². The highest BCUT2D eigenvalue weighted by molar-refractivity contribution is 9.10. The Hall–Kier alpha value is -0.920. The van der Waals surface area contributed by atoms with Crippen LogP contribution in [0.5, 0.6) is 5.75 Å². The van der Waals surface area contributed by atoms with E-state index in [1.807, 2.05) is 11.4 Å². The van der Waals surface area contributed by atoms with Gasteiger partial charge in [0, 0.05) is 7.05 Å². The fourth-order valence-electron chi connectivity index (χ4n) is 1.43. The highest BCUT2D eigenvalue weighted by Crippen LogP contribution is 2.36. The Bertz CT molecular complexity index is 477. The van der Waals surface area contributed by atoms with E-state index in [1.165, 1.54) is 16.0 Å². The number of hydrogen-bond acceptors (Lipinski definition) is 5. The molecule has 0 amide bonds. The van der Waals surface area contributed by atoms with Gasteiger partial charge < -0.3 is 9.84 Å². The van der Waals surface area contributed by atoms with Gasteiger partial charge in [-0.2, -0.15) is 0 Å². The molecular formula is C9H10BrN3O2S. The predicted octanol–water partition coefficient (Wildman–Crippen LogP) is 1.73. The van der Waals surface area contributed by atoms with Crippen LogP contribution in [0.15, 0.2) is 16.0 Å². The minimum Gasteiger partial charge on any atom is -0.495 e. The third-order valence-corrected chi connectivity index (χ3v) is 3.73. The van der Waals surface area contributed by atoms with Gasteiger partial charge in [0.05, 0.1) is 12.0 Å². The van der Waals surface area contributed by atoms with Crippen molar-refractivity contribution in [3.05, 3.63) is 26.6 Å². The first-order valence-electron chi connectivity index (χ1n) is 4.49. The predicted molar refractivity (Wildman–Crippen MR) is 63.6 cm³/mol. The second kappa shape index (κ2) is 4.52. The quantitative estimate of drug-likeness (QED) is 0.938. The van der Waals surface area contributed by atoms with Gasteiger partial charge in [-0.05, 0) is 27.4 Å². The van der Waals surface area contributed by atoms with E-state index in [0.717, 1.165) is 4.88 Å². The minimum atomic E-state index is -0.788. The molecular weight excluding hydrogens is 294 g/mol. The summed E-state index contributed by atoms with van der Waals surface area (Å²) in [6.45, 7) is 0. The number of aliphatic hydroxyl groups is 1. The molecule has 0 spiro atoms. The largest absolute Gasteiger partial charge is 0.495 e. The molecule has 0 saturated carbocycles. The number of aryl methyl sites for hydroxylation is 1. The van der Waals surface area contributed by atoms with E-state index in [0.29, 0.717) is 16.0 Å². The molecule has 2 rings (SSSR count). The summed E-state index contributed by atoms with van der Waals surface area (Å²) < 4.78 is 7.24. The molecule has 2 heterocycles. The van der Waals surface area contributed by atoms with Crippen molar-refractivity contribution >= 4 is 27.3 Å². The number of rotatable bonds is 3. The SMILES string of the molecule is COc1ccsc1C(O)c1c(Br)nnn1C. The van der Waals surface area contributed by atoms with Gasteiger partial charge in [-0.3, -0.25) is 0 Å². The first kappa shape index (κ1) is 11.6. The monoisotopic (exact) mass is 303 g/mol. The van der Waals surface area contributed by atoms with Crippen molar-refractivity contribution in [2.75, 3.05) is 7.11 Å². The Morgan fingerprint density at radius 1 is 1.62 bits per heavy atom.